The van der Waals surface area contributed by atoms with Crippen LogP contribution in [0.2, 0.25) is 0 Å². The third kappa shape index (κ3) is 2.33. The molecule has 0 radical (unpaired) electrons. The predicted molar refractivity (Wildman–Crippen MR) is 73.6 cm³/mol. The first-order valence-electron chi connectivity index (χ1n) is 6.32. The Bertz CT molecular complexity index is 522. The normalized spacial score (nSPS) is 24.3. The van der Waals surface area contributed by atoms with Crippen molar-refractivity contribution < 1.29 is 4.79 Å². The molecule has 1 aromatic carbocycles. The molecule has 0 aromatic heterocycles. The van der Waals surface area contributed by atoms with Crippen molar-refractivity contribution in [1.82, 2.24) is 4.90 Å². The summed E-state index contributed by atoms with van der Waals surface area (Å²) in [5.41, 5.74) is 6.89. The highest BCUT2D eigenvalue weighted by molar-refractivity contribution is 5.99. The highest BCUT2D eigenvalue weighted by Crippen LogP contribution is 2.25. The fourth-order valence-electron chi connectivity index (χ4n) is 2.43. The number of benzene rings is 1. The lowest BCUT2D eigenvalue weighted by atomic mass is 10.0. The van der Waals surface area contributed by atoms with E-state index >= 15 is 0 Å². The Kier molecular flexibility index (Phi) is 3.84. The number of carbonyl (C=O) groups is 1. The lowest BCUT2D eigenvalue weighted by Gasteiger charge is -2.42. The number of piperazine rings is 1. The molecule has 1 amide bonds. The number of nitrogens with two attached hydrogens (primary N) is 1. The van der Waals surface area contributed by atoms with E-state index in [-0.39, 0.29) is 24.5 Å². The molecule has 2 atom stereocenters. The van der Waals surface area contributed by atoms with Crippen LogP contribution in [0.4, 0.5) is 5.69 Å². The van der Waals surface area contributed by atoms with Crippen LogP contribution in [0.3, 0.4) is 0 Å². The minimum absolute atomic E-state index is 0.0363. The Morgan fingerprint density at radius 2 is 2.16 bits per heavy atom. The molecule has 0 saturated carbocycles. The number of nitriles is 1. The first kappa shape index (κ1) is 13.5. The van der Waals surface area contributed by atoms with E-state index in [0.717, 1.165) is 0 Å². The van der Waals surface area contributed by atoms with E-state index in [0.29, 0.717) is 17.8 Å². The molecule has 2 rings (SSSR count). The lowest BCUT2D eigenvalue weighted by Crippen LogP contribution is -2.62. The number of hydrogen-bond acceptors (Lipinski definition) is 4. The molecule has 5 heteroatoms. The highest BCUT2D eigenvalue weighted by Gasteiger charge is 2.37. The number of carbonyl (C=O) groups excluding carboxylic acids is 1. The van der Waals surface area contributed by atoms with Crippen molar-refractivity contribution in [2.24, 2.45) is 5.73 Å². The van der Waals surface area contributed by atoms with Gasteiger partial charge in [-0.15, -0.1) is 0 Å². The molecule has 1 aliphatic heterocycles. The van der Waals surface area contributed by atoms with Crippen LogP contribution in [0, 0.1) is 11.3 Å². The van der Waals surface area contributed by atoms with E-state index in [1.54, 1.807) is 17.0 Å². The van der Waals surface area contributed by atoms with Crippen LogP contribution >= 0.6 is 0 Å². The fourth-order valence-corrected chi connectivity index (χ4v) is 2.43. The van der Waals surface area contributed by atoms with Gasteiger partial charge in [0.1, 0.15) is 12.1 Å². The van der Waals surface area contributed by atoms with Crippen LogP contribution in [0.1, 0.15) is 12.5 Å². The van der Waals surface area contributed by atoms with Gasteiger partial charge in [0, 0.05) is 19.1 Å². The van der Waals surface area contributed by atoms with Gasteiger partial charge in [-0.2, -0.15) is 5.26 Å². The minimum atomic E-state index is -0.324. The third-order valence-corrected chi connectivity index (χ3v) is 3.72. The van der Waals surface area contributed by atoms with Crippen LogP contribution < -0.4 is 10.6 Å². The number of amides is 1. The third-order valence-electron chi connectivity index (χ3n) is 3.72. The summed E-state index contributed by atoms with van der Waals surface area (Å²) in [6.45, 7) is 2.91. The van der Waals surface area contributed by atoms with Crippen molar-refractivity contribution in [1.29, 1.82) is 5.26 Å². The van der Waals surface area contributed by atoms with Crippen LogP contribution in [-0.4, -0.2) is 43.0 Å². The summed E-state index contributed by atoms with van der Waals surface area (Å²) < 4.78 is 0. The Morgan fingerprint density at radius 1 is 1.47 bits per heavy atom. The summed E-state index contributed by atoms with van der Waals surface area (Å²) in [6.07, 6.45) is 0. The zero-order valence-corrected chi connectivity index (χ0v) is 11.2. The van der Waals surface area contributed by atoms with Gasteiger partial charge >= 0.3 is 0 Å². The molecule has 0 bridgehead atoms. The lowest BCUT2D eigenvalue weighted by molar-refractivity contribution is -0.126. The summed E-state index contributed by atoms with van der Waals surface area (Å²) in [6, 6.07) is 9.18. The first-order valence-corrected chi connectivity index (χ1v) is 6.32. The van der Waals surface area contributed by atoms with Crippen LogP contribution in [0.15, 0.2) is 24.3 Å². The average molecular weight is 258 g/mol. The molecule has 19 heavy (non-hydrogen) atoms. The molecule has 100 valence electrons. The van der Waals surface area contributed by atoms with Crippen LogP contribution in [-0.2, 0) is 4.79 Å². The van der Waals surface area contributed by atoms with Gasteiger partial charge in [-0.1, -0.05) is 12.1 Å². The molecule has 0 spiro atoms. The van der Waals surface area contributed by atoms with Gasteiger partial charge in [0.25, 0.3) is 0 Å². The highest BCUT2D eigenvalue weighted by atomic mass is 16.2. The second kappa shape index (κ2) is 5.39. The summed E-state index contributed by atoms with van der Waals surface area (Å²) in [5, 5.41) is 9.15. The van der Waals surface area contributed by atoms with E-state index in [9.17, 15) is 4.79 Å². The SMILES string of the molecule is CC1CN(c2ccccc2C#N)C(=O)C(CN)N1C. The van der Waals surface area contributed by atoms with Crippen molar-refractivity contribution in [2.75, 3.05) is 25.0 Å². The minimum Gasteiger partial charge on any atom is -0.328 e. The molecule has 2 unspecified atom stereocenters. The van der Waals surface area contributed by atoms with Gasteiger partial charge in [0.05, 0.1) is 11.3 Å². The van der Waals surface area contributed by atoms with Crippen LogP contribution in [0.5, 0.6) is 0 Å². The second-order valence-electron chi connectivity index (χ2n) is 4.84. The van der Waals surface area contributed by atoms with E-state index in [1.165, 1.54) is 0 Å². The Labute approximate surface area is 113 Å². The standard InChI is InChI=1S/C14H18N4O/c1-10-9-18(14(19)13(8-16)17(10)2)12-6-4-3-5-11(12)7-15/h3-6,10,13H,8-9,16H2,1-2H3. The molecule has 0 aliphatic carbocycles. The molecule has 1 heterocycles. The predicted octanol–water partition coefficient (Wildman–Crippen LogP) is 0.552. The molecule has 1 saturated heterocycles. The van der Waals surface area contributed by atoms with E-state index < -0.39 is 0 Å². The number of rotatable bonds is 2. The van der Waals surface area contributed by atoms with E-state index in [1.807, 2.05) is 24.1 Å². The second-order valence-corrected chi connectivity index (χ2v) is 4.84. The molecule has 2 N–H and O–H groups in total. The Hall–Kier alpha value is -1.90. The van der Waals surface area contributed by atoms with Crippen molar-refractivity contribution in [3.63, 3.8) is 0 Å². The van der Waals surface area contributed by atoms with Gasteiger partial charge in [-0.25, -0.2) is 0 Å². The van der Waals surface area contributed by atoms with E-state index in [2.05, 4.69) is 13.0 Å². The number of anilines is 1. The average Bonchev–Trinajstić information content (AvgIpc) is 2.43. The number of likely N-dealkylation sites (N-methyl/N-ethyl adjacent to an activating group) is 1. The molecular formula is C14H18N4O. The zero-order valence-electron chi connectivity index (χ0n) is 11.2. The molecule has 5 nitrogen and oxygen atoms in total. The van der Waals surface area contributed by atoms with Crippen LogP contribution in [0.25, 0.3) is 0 Å². The Balaban J connectivity index is 2.39. The van der Waals surface area contributed by atoms with Crippen molar-refractivity contribution in [2.45, 2.75) is 19.0 Å². The van der Waals surface area contributed by atoms with Gasteiger partial charge < -0.3 is 10.6 Å². The van der Waals surface area contributed by atoms with Crippen molar-refractivity contribution in [3.8, 4) is 6.07 Å². The molecule has 1 aliphatic rings. The van der Waals surface area contributed by atoms with Gasteiger partial charge in [0.2, 0.25) is 5.91 Å². The largest absolute Gasteiger partial charge is 0.328 e. The Morgan fingerprint density at radius 3 is 2.79 bits per heavy atom. The zero-order chi connectivity index (χ0) is 14.0. The van der Waals surface area contributed by atoms with Gasteiger partial charge in [-0.05, 0) is 26.1 Å². The number of para-hydroxylation sites is 1. The smallest absolute Gasteiger partial charge is 0.245 e. The first-order chi connectivity index (χ1) is 9.10. The molecule has 1 fully saturated rings. The van der Waals surface area contributed by atoms with E-state index in [4.69, 9.17) is 11.0 Å². The summed E-state index contributed by atoms with van der Waals surface area (Å²) in [4.78, 5) is 16.2. The van der Waals surface area contributed by atoms with Gasteiger partial charge in [0.15, 0.2) is 0 Å². The number of hydrogen-bond donors (Lipinski definition) is 1. The summed E-state index contributed by atoms with van der Waals surface area (Å²) in [5.74, 6) is -0.0363. The maximum atomic E-state index is 12.5. The van der Waals surface area contributed by atoms with Gasteiger partial charge in [-0.3, -0.25) is 9.69 Å². The quantitative estimate of drug-likeness (QED) is 0.841. The summed E-state index contributed by atoms with van der Waals surface area (Å²) >= 11 is 0. The number of nitrogens with zero attached hydrogens (tertiary/aromatic N) is 3. The topological polar surface area (TPSA) is 73.4 Å². The monoisotopic (exact) mass is 258 g/mol. The molecular weight excluding hydrogens is 240 g/mol. The van der Waals surface area contributed by atoms with Crippen molar-refractivity contribution >= 4 is 11.6 Å². The maximum Gasteiger partial charge on any atom is 0.245 e. The fraction of sp³-hybridized carbons (Fsp3) is 0.429. The summed E-state index contributed by atoms with van der Waals surface area (Å²) in [7, 11) is 1.91. The maximum absolute atomic E-state index is 12.5. The van der Waals surface area contributed by atoms with Crippen molar-refractivity contribution in [3.05, 3.63) is 29.8 Å². The molecule has 1 aromatic rings.